The van der Waals surface area contributed by atoms with E-state index in [0.29, 0.717) is 0 Å². The first-order valence-corrected chi connectivity index (χ1v) is 6.82. The zero-order chi connectivity index (χ0) is 14.8. The summed E-state index contributed by atoms with van der Waals surface area (Å²) in [6.45, 7) is 0.437. The van der Waals surface area contributed by atoms with E-state index in [9.17, 15) is 19.6 Å². The van der Waals surface area contributed by atoms with Crippen LogP contribution in [0, 0.1) is 0 Å². The molecule has 6 N–H and O–H groups in total. The lowest BCUT2D eigenvalue weighted by Crippen LogP contribution is -2.64. The van der Waals surface area contributed by atoms with Gasteiger partial charge in [0.1, 0.15) is 18.3 Å². The quantitative estimate of drug-likeness (QED) is 0.297. The Bertz CT molecular complexity index is 371. The van der Waals surface area contributed by atoms with Gasteiger partial charge >= 0.3 is 7.82 Å². The topological polar surface area (TPSA) is 166 Å². The standard InChI is InChI=1S/C8H16NO9P/c1-3(11)9-5-6(12)4(2-10)17-8(7(5)13)18-19(14,15)16/h4-8,10,12-13H,2H2,1H3,(H,9,11)(H2,14,15,16)/t4-,5+,6-,7-,8-/m1/s1. The number of carbonyl (C=O) groups excluding carboxylic acids is 1. The molecule has 0 aromatic heterocycles. The second kappa shape index (κ2) is 6.25. The maximum Gasteiger partial charge on any atom is 0.472 e. The molecule has 0 aromatic carbocycles. The summed E-state index contributed by atoms with van der Waals surface area (Å²) in [7, 11) is -4.95. The number of phosphoric acid groups is 1. The Hall–Kier alpha value is -0.580. The van der Waals surface area contributed by atoms with Gasteiger partial charge < -0.3 is 35.2 Å². The van der Waals surface area contributed by atoms with Crippen molar-refractivity contribution >= 4 is 13.7 Å². The summed E-state index contributed by atoms with van der Waals surface area (Å²) >= 11 is 0. The fourth-order valence-electron chi connectivity index (χ4n) is 1.71. The fraction of sp³-hybridized carbons (Fsp3) is 0.875. The molecular formula is C8H16NO9P. The molecule has 1 aliphatic rings. The predicted octanol–water partition coefficient (Wildman–Crippen LogP) is -2.96. The zero-order valence-electron chi connectivity index (χ0n) is 9.91. The van der Waals surface area contributed by atoms with Gasteiger partial charge in [-0.1, -0.05) is 0 Å². The zero-order valence-corrected chi connectivity index (χ0v) is 10.8. The first kappa shape index (κ1) is 16.5. The highest BCUT2D eigenvalue weighted by Crippen LogP contribution is 2.40. The minimum atomic E-state index is -4.95. The number of ether oxygens (including phenoxy) is 1. The first-order valence-electron chi connectivity index (χ1n) is 5.29. The second-order valence-electron chi connectivity index (χ2n) is 4.03. The lowest BCUT2D eigenvalue weighted by Gasteiger charge is -2.41. The number of hydrogen-bond donors (Lipinski definition) is 6. The van der Waals surface area contributed by atoms with Crippen molar-refractivity contribution in [3.8, 4) is 0 Å². The van der Waals surface area contributed by atoms with Crippen molar-refractivity contribution < 1.29 is 43.7 Å². The number of nitrogens with one attached hydrogen (secondary N) is 1. The van der Waals surface area contributed by atoms with Crippen LogP contribution in [0.2, 0.25) is 0 Å². The van der Waals surface area contributed by atoms with Crippen LogP contribution in [-0.4, -0.2) is 68.3 Å². The Morgan fingerprint density at radius 3 is 2.37 bits per heavy atom. The van der Waals surface area contributed by atoms with Crippen LogP contribution < -0.4 is 5.32 Å². The average Bonchev–Trinajstić information content (AvgIpc) is 2.26. The van der Waals surface area contributed by atoms with Gasteiger partial charge in [-0.15, -0.1) is 0 Å². The van der Waals surface area contributed by atoms with Gasteiger partial charge in [0, 0.05) is 6.92 Å². The van der Waals surface area contributed by atoms with Crippen LogP contribution in [-0.2, 0) is 18.6 Å². The normalized spacial score (nSPS) is 36.0. The molecule has 1 amide bonds. The van der Waals surface area contributed by atoms with Gasteiger partial charge in [-0.2, -0.15) is 0 Å². The van der Waals surface area contributed by atoms with Crippen molar-refractivity contribution in [3.63, 3.8) is 0 Å². The van der Waals surface area contributed by atoms with Gasteiger partial charge in [0.25, 0.3) is 0 Å². The third kappa shape index (κ3) is 4.48. The summed E-state index contributed by atoms with van der Waals surface area (Å²) in [4.78, 5) is 28.3. The van der Waals surface area contributed by atoms with E-state index in [0.717, 1.165) is 6.92 Å². The molecule has 10 nitrogen and oxygen atoms in total. The summed E-state index contributed by atoms with van der Waals surface area (Å²) in [6.07, 6.45) is -6.23. The van der Waals surface area contributed by atoms with Crippen LogP contribution in [0.5, 0.6) is 0 Å². The molecule has 112 valence electrons. The van der Waals surface area contributed by atoms with Crippen LogP contribution >= 0.6 is 7.82 Å². The molecule has 0 unspecified atom stereocenters. The summed E-state index contributed by atoms with van der Waals surface area (Å²) in [5.74, 6) is -0.586. The van der Waals surface area contributed by atoms with E-state index in [1.807, 2.05) is 0 Å². The van der Waals surface area contributed by atoms with Crippen LogP contribution in [0.25, 0.3) is 0 Å². The number of aliphatic hydroxyl groups is 3. The van der Waals surface area contributed by atoms with Gasteiger partial charge in [-0.25, -0.2) is 4.57 Å². The van der Waals surface area contributed by atoms with Crippen molar-refractivity contribution in [2.75, 3.05) is 6.61 Å². The molecule has 11 heteroatoms. The van der Waals surface area contributed by atoms with Gasteiger partial charge in [0.2, 0.25) is 5.91 Å². The maximum absolute atomic E-state index is 11.0. The largest absolute Gasteiger partial charge is 0.472 e. The molecule has 1 aliphatic heterocycles. The third-order valence-electron chi connectivity index (χ3n) is 2.50. The number of amides is 1. The summed E-state index contributed by atoms with van der Waals surface area (Å²) in [6, 6.07) is -1.29. The SMILES string of the molecule is CC(=O)N[C@@H]1[C@@H](O)[C@@H](OP(=O)(O)O)O[C@H](CO)[C@H]1O. The van der Waals surface area contributed by atoms with Crippen LogP contribution in [0.3, 0.4) is 0 Å². The fourth-order valence-corrected chi connectivity index (χ4v) is 2.16. The summed E-state index contributed by atoms with van der Waals surface area (Å²) < 4.78 is 19.8. The minimum absolute atomic E-state index is 0.586. The molecule has 1 heterocycles. The molecule has 1 rings (SSSR count). The van der Waals surface area contributed by atoms with Crippen molar-refractivity contribution in [3.05, 3.63) is 0 Å². The lowest BCUT2D eigenvalue weighted by molar-refractivity contribution is -0.255. The Morgan fingerprint density at radius 1 is 1.37 bits per heavy atom. The first-order chi connectivity index (χ1) is 8.65. The van der Waals surface area contributed by atoms with E-state index in [1.54, 1.807) is 0 Å². The molecule has 0 spiro atoms. The van der Waals surface area contributed by atoms with E-state index in [1.165, 1.54) is 0 Å². The van der Waals surface area contributed by atoms with E-state index < -0.39 is 51.0 Å². The lowest BCUT2D eigenvalue weighted by atomic mass is 9.96. The molecule has 19 heavy (non-hydrogen) atoms. The number of rotatable bonds is 4. The van der Waals surface area contributed by atoms with Gasteiger partial charge in [-0.05, 0) is 0 Å². The maximum atomic E-state index is 11.0. The van der Waals surface area contributed by atoms with Crippen LogP contribution in [0.1, 0.15) is 6.92 Å². The molecule has 0 saturated carbocycles. The number of aliphatic hydroxyl groups excluding tert-OH is 3. The van der Waals surface area contributed by atoms with E-state index >= 15 is 0 Å². The monoisotopic (exact) mass is 301 g/mol. The molecule has 5 atom stereocenters. The Morgan fingerprint density at radius 2 is 1.95 bits per heavy atom. The summed E-state index contributed by atoms with van der Waals surface area (Å²) in [5, 5.41) is 30.7. The van der Waals surface area contributed by atoms with Crippen LogP contribution in [0.15, 0.2) is 0 Å². The Kier molecular flexibility index (Phi) is 5.42. The number of phosphoric ester groups is 1. The molecule has 0 radical (unpaired) electrons. The van der Waals surface area contributed by atoms with Crippen molar-refractivity contribution in [2.24, 2.45) is 0 Å². The summed E-state index contributed by atoms with van der Waals surface area (Å²) in [5.41, 5.74) is 0. The minimum Gasteiger partial charge on any atom is -0.394 e. The highest BCUT2D eigenvalue weighted by atomic mass is 31.2. The van der Waals surface area contributed by atoms with Gasteiger partial charge in [0.15, 0.2) is 6.29 Å². The van der Waals surface area contributed by atoms with E-state index in [2.05, 4.69) is 9.84 Å². The van der Waals surface area contributed by atoms with E-state index in [-0.39, 0.29) is 0 Å². The highest BCUT2D eigenvalue weighted by molar-refractivity contribution is 7.46. The molecule has 1 saturated heterocycles. The molecule has 1 fully saturated rings. The number of hydrogen-bond acceptors (Lipinski definition) is 7. The Labute approximate surface area is 108 Å². The van der Waals surface area contributed by atoms with Crippen LogP contribution in [0.4, 0.5) is 0 Å². The number of carbonyl (C=O) groups is 1. The van der Waals surface area contributed by atoms with Gasteiger partial charge in [0.05, 0.1) is 12.6 Å². The van der Waals surface area contributed by atoms with Crippen molar-refractivity contribution in [2.45, 2.75) is 37.6 Å². The third-order valence-corrected chi connectivity index (χ3v) is 2.98. The Balaban J connectivity index is 2.89. The second-order valence-corrected chi connectivity index (χ2v) is 5.22. The predicted molar refractivity (Wildman–Crippen MR) is 58.5 cm³/mol. The smallest absolute Gasteiger partial charge is 0.394 e. The molecule has 0 aromatic rings. The highest BCUT2D eigenvalue weighted by Gasteiger charge is 2.47. The average molecular weight is 301 g/mol. The molecular weight excluding hydrogens is 285 g/mol. The molecule has 0 bridgehead atoms. The van der Waals surface area contributed by atoms with Crippen molar-refractivity contribution in [1.82, 2.24) is 5.32 Å². The van der Waals surface area contributed by atoms with E-state index in [4.69, 9.17) is 19.6 Å². The molecule has 0 aliphatic carbocycles. The van der Waals surface area contributed by atoms with Gasteiger partial charge in [-0.3, -0.25) is 9.32 Å². The van der Waals surface area contributed by atoms with Crippen molar-refractivity contribution in [1.29, 1.82) is 0 Å².